The third kappa shape index (κ3) is 3.56. The lowest BCUT2D eigenvalue weighted by molar-refractivity contribution is 0.101. The third-order valence-electron chi connectivity index (χ3n) is 5.76. The third-order valence-corrected chi connectivity index (χ3v) is 8.13. The van der Waals surface area contributed by atoms with E-state index in [0.29, 0.717) is 0 Å². The Morgan fingerprint density at radius 2 is 2.06 bits per heavy atom. The molecule has 1 aromatic carbocycles. The number of nitrogens with one attached hydrogen (secondary N) is 1. The largest absolute Gasteiger partial charge is 0.495 e. The number of anilines is 1. The Balaban J connectivity index is 1.76. The summed E-state index contributed by atoms with van der Waals surface area (Å²) in [7, 11) is -1.44. The monoisotopic (exact) mass is 481 g/mol. The first-order valence-electron chi connectivity index (χ1n) is 9.77. The zero-order valence-corrected chi connectivity index (χ0v) is 18.7. The van der Waals surface area contributed by atoms with Crippen LogP contribution in [0, 0.1) is 11.6 Å². The van der Waals surface area contributed by atoms with Crippen molar-refractivity contribution >= 4 is 27.6 Å². The van der Waals surface area contributed by atoms with Crippen LogP contribution in [0.1, 0.15) is 23.0 Å². The second-order valence-electron chi connectivity index (χ2n) is 7.70. The van der Waals surface area contributed by atoms with Crippen LogP contribution in [-0.2, 0) is 20.3 Å². The Labute approximate surface area is 188 Å². The number of sulfonamides is 1. The van der Waals surface area contributed by atoms with Crippen molar-refractivity contribution in [3.63, 3.8) is 0 Å². The number of methoxy groups -OCH3 is 1. The highest BCUT2D eigenvalue weighted by Gasteiger charge is 2.61. The van der Waals surface area contributed by atoms with Gasteiger partial charge in [0.15, 0.2) is 11.5 Å². The quantitative estimate of drug-likeness (QED) is 0.670. The van der Waals surface area contributed by atoms with Gasteiger partial charge in [0.2, 0.25) is 16.0 Å². The number of nitrogens with two attached hydrogens (primary N) is 1. The van der Waals surface area contributed by atoms with Gasteiger partial charge in [-0.05, 0) is 25.1 Å². The lowest BCUT2D eigenvalue weighted by Crippen LogP contribution is -2.58. The number of nitrogens with zero attached hydrogens (tertiary/aromatic N) is 3. The van der Waals surface area contributed by atoms with Crippen molar-refractivity contribution in [2.24, 2.45) is 10.7 Å². The topological polar surface area (TPSA) is 136 Å². The molecule has 3 atom stereocenters. The van der Waals surface area contributed by atoms with Crippen LogP contribution in [0.2, 0.25) is 0 Å². The van der Waals surface area contributed by atoms with Gasteiger partial charge in [0, 0.05) is 24.4 Å². The van der Waals surface area contributed by atoms with Gasteiger partial charge in [0.25, 0.3) is 5.91 Å². The molecular formula is C20H21F2N5O5S. The number of rotatable bonds is 4. The highest BCUT2D eigenvalue weighted by molar-refractivity contribution is 7.90. The number of amides is 1. The maximum absolute atomic E-state index is 15.0. The van der Waals surface area contributed by atoms with Gasteiger partial charge in [-0.3, -0.25) is 4.79 Å². The summed E-state index contributed by atoms with van der Waals surface area (Å²) in [5.74, 6) is -2.75. The van der Waals surface area contributed by atoms with Crippen LogP contribution in [0.25, 0.3) is 0 Å². The van der Waals surface area contributed by atoms with E-state index in [1.165, 1.54) is 32.5 Å². The molecule has 0 bridgehead atoms. The molecule has 0 spiro atoms. The van der Waals surface area contributed by atoms with E-state index in [1.54, 1.807) is 6.92 Å². The van der Waals surface area contributed by atoms with Crippen LogP contribution < -0.4 is 15.8 Å². The van der Waals surface area contributed by atoms with Gasteiger partial charge in [-0.25, -0.2) is 31.5 Å². The second-order valence-corrected chi connectivity index (χ2v) is 9.78. The molecular weight excluding hydrogens is 460 g/mol. The maximum Gasteiger partial charge on any atom is 0.277 e. The fraction of sp³-hybridized carbons (Fsp3) is 0.350. The Morgan fingerprint density at radius 1 is 1.33 bits per heavy atom. The summed E-state index contributed by atoms with van der Waals surface area (Å²) < 4.78 is 66.7. The molecule has 10 nitrogen and oxygen atoms in total. The van der Waals surface area contributed by atoms with Gasteiger partial charge >= 0.3 is 0 Å². The number of aromatic nitrogens is 1. The average Bonchev–Trinajstić information content (AvgIpc) is 3.11. The zero-order valence-electron chi connectivity index (χ0n) is 17.9. The molecule has 2 aliphatic heterocycles. The van der Waals surface area contributed by atoms with Gasteiger partial charge < -0.3 is 20.5 Å². The van der Waals surface area contributed by atoms with E-state index in [2.05, 4.69) is 15.3 Å². The number of benzene rings is 1. The van der Waals surface area contributed by atoms with Gasteiger partial charge in [-0.1, -0.05) is 0 Å². The molecule has 2 aromatic rings. The number of fused-ring (bicyclic) bond motifs is 1. The molecule has 2 aliphatic rings. The molecule has 1 aromatic heterocycles. The van der Waals surface area contributed by atoms with Gasteiger partial charge in [0.05, 0.1) is 26.0 Å². The predicted octanol–water partition coefficient (Wildman–Crippen LogP) is 1.19. The SMILES string of the molecule is COc1cnc(C(=O)Nc2ccc(F)c([C@]34CO[C@@H](C)[C@H]3S(=O)(=O)N(C)C(N)=N4)c2)c(F)c1. The van der Waals surface area contributed by atoms with Crippen LogP contribution in [-0.4, -0.2) is 61.7 Å². The van der Waals surface area contributed by atoms with Gasteiger partial charge in [-0.15, -0.1) is 0 Å². The molecule has 0 radical (unpaired) electrons. The summed E-state index contributed by atoms with van der Waals surface area (Å²) >= 11 is 0. The van der Waals surface area contributed by atoms with Crippen LogP contribution in [0.4, 0.5) is 14.5 Å². The smallest absolute Gasteiger partial charge is 0.277 e. The van der Waals surface area contributed by atoms with E-state index in [-0.39, 0.29) is 29.6 Å². The first-order valence-corrected chi connectivity index (χ1v) is 11.3. The number of aliphatic imine (C=N–C) groups is 1. The Bertz CT molecular complexity index is 1270. The lowest BCUT2D eigenvalue weighted by atomic mass is 9.86. The number of hydrogen-bond donors (Lipinski definition) is 2. The standard InChI is InChI=1S/C20H21F2N5O5S/c1-10-17-20(9-32-10,26-19(23)27(2)33(17,29)30)13-6-11(4-5-14(13)21)25-18(28)16-15(22)7-12(31-3)8-24-16/h4-8,10,17H,9H2,1-3H3,(H2,23,26)(H,25,28)/t10-,17+,20+/m0/s1. The molecule has 176 valence electrons. The van der Waals surface area contributed by atoms with E-state index in [4.69, 9.17) is 15.2 Å². The first-order chi connectivity index (χ1) is 15.5. The van der Waals surface area contributed by atoms with E-state index < -0.39 is 50.2 Å². The van der Waals surface area contributed by atoms with E-state index in [0.717, 1.165) is 16.4 Å². The molecule has 3 heterocycles. The minimum absolute atomic E-state index is 0.0752. The fourth-order valence-electron chi connectivity index (χ4n) is 4.09. The van der Waals surface area contributed by atoms with Crippen molar-refractivity contribution in [3.05, 3.63) is 53.4 Å². The number of pyridine rings is 1. The Morgan fingerprint density at radius 3 is 2.73 bits per heavy atom. The first kappa shape index (κ1) is 22.9. The number of carbonyl (C=O) groups is 1. The van der Waals surface area contributed by atoms with E-state index >= 15 is 4.39 Å². The van der Waals surface area contributed by atoms with Crippen molar-refractivity contribution in [1.29, 1.82) is 0 Å². The highest BCUT2D eigenvalue weighted by atomic mass is 32.2. The number of guanidine groups is 1. The number of halogens is 2. The summed E-state index contributed by atoms with van der Waals surface area (Å²) in [6.07, 6.45) is 0.375. The summed E-state index contributed by atoms with van der Waals surface area (Å²) in [5.41, 5.74) is 3.64. The van der Waals surface area contributed by atoms with Gasteiger partial charge in [0.1, 0.15) is 22.4 Å². The van der Waals surface area contributed by atoms with Crippen LogP contribution in [0.3, 0.4) is 0 Å². The van der Waals surface area contributed by atoms with Crippen LogP contribution >= 0.6 is 0 Å². The van der Waals surface area contributed by atoms with Crippen LogP contribution in [0.5, 0.6) is 5.75 Å². The van der Waals surface area contributed by atoms with Gasteiger partial charge in [-0.2, -0.15) is 0 Å². The lowest BCUT2D eigenvalue weighted by Gasteiger charge is -2.39. The summed E-state index contributed by atoms with van der Waals surface area (Å²) in [4.78, 5) is 20.6. The molecule has 0 saturated carbocycles. The molecule has 13 heteroatoms. The van der Waals surface area contributed by atoms with Crippen molar-refractivity contribution < 1.29 is 31.5 Å². The molecule has 0 aliphatic carbocycles. The summed E-state index contributed by atoms with van der Waals surface area (Å²) in [5, 5.41) is 1.20. The molecule has 1 fully saturated rings. The summed E-state index contributed by atoms with van der Waals surface area (Å²) in [6, 6.07) is 4.54. The minimum Gasteiger partial charge on any atom is -0.495 e. The molecule has 3 N–H and O–H groups in total. The normalized spacial score (nSPS) is 25.8. The Hall–Kier alpha value is -3.32. The van der Waals surface area contributed by atoms with E-state index in [1.807, 2.05) is 0 Å². The minimum atomic E-state index is -4.02. The van der Waals surface area contributed by atoms with Crippen molar-refractivity contribution in [2.75, 3.05) is 26.1 Å². The molecule has 33 heavy (non-hydrogen) atoms. The maximum atomic E-state index is 15.0. The molecule has 1 amide bonds. The number of ether oxygens (including phenoxy) is 2. The number of carbonyl (C=O) groups excluding carboxylic acids is 1. The Kier molecular flexibility index (Phi) is 5.48. The zero-order chi connectivity index (χ0) is 24.1. The molecule has 1 saturated heterocycles. The average molecular weight is 481 g/mol. The van der Waals surface area contributed by atoms with Crippen molar-refractivity contribution in [1.82, 2.24) is 9.29 Å². The molecule has 4 rings (SSSR count). The van der Waals surface area contributed by atoms with E-state index in [9.17, 15) is 17.6 Å². The fourth-order valence-corrected chi connectivity index (χ4v) is 6.04. The van der Waals surface area contributed by atoms with Crippen molar-refractivity contribution in [3.8, 4) is 5.75 Å². The van der Waals surface area contributed by atoms with Crippen LogP contribution in [0.15, 0.2) is 35.5 Å². The second kappa shape index (κ2) is 7.92. The molecule has 0 unspecified atom stereocenters. The highest BCUT2D eigenvalue weighted by Crippen LogP contribution is 2.46. The predicted molar refractivity (Wildman–Crippen MR) is 114 cm³/mol. The number of hydrogen-bond acceptors (Lipinski definition) is 8. The summed E-state index contributed by atoms with van der Waals surface area (Å²) in [6.45, 7) is 1.31. The van der Waals surface area contributed by atoms with Crippen molar-refractivity contribution in [2.45, 2.75) is 23.8 Å².